The fourth-order valence-electron chi connectivity index (χ4n) is 9.49. The Morgan fingerprint density at radius 3 is 1.51 bits per heavy atom. The molecule has 0 aliphatic carbocycles. The molecule has 6 heteroatoms. The molecule has 1 unspecified atom stereocenters. The van der Waals surface area contributed by atoms with Crippen LogP contribution in [0.1, 0.15) is 22.7 Å². The predicted molar refractivity (Wildman–Crippen MR) is 279 cm³/mol. The van der Waals surface area contributed by atoms with Gasteiger partial charge in [-0.2, -0.15) is 0 Å². The van der Waals surface area contributed by atoms with E-state index in [9.17, 15) is 0 Å². The van der Waals surface area contributed by atoms with E-state index in [1.807, 2.05) is 42.7 Å². The van der Waals surface area contributed by atoms with E-state index in [1.54, 1.807) is 0 Å². The van der Waals surface area contributed by atoms with Gasteiger partial charge in [-0.05, 0) is 99.6 Å². The first kappa shape index (κ1) is 40.5. The molecular weight excluding hydrogens is 829 g/mol. The fourth-order valence-corrected chi connectivity index (χ4v) is 9.49. The number of para-hydroxylation sites is 2. The average molecular weight is 873 g/mol. The average Bonchev–Trinajstić information content (AvgIpc) is 3.76. The first-order valence-electron chi connectivity index (χ1n) is 23.0. The van der Waals surface area contributed by atoms with Crippen LogP contribution in [0.15, 0.2) is 248 Å². The zero-order chi connectivity index (χ0) is 45.4. The maximum Gasteiger partial charge on any atom is 0.137 e. The topological polar surface area (TPSA) is 59.2 Å². The standard InChI is InChI=1S/C62H44N6/c1-67-61(40-56(46-14-4-2-5-15-46)66-62(67)48-16-6-3-7-17-48)47-29-27-43(28-30-47)42-23-25-44(26-24-42)49-33-36-55(64-41-49)58-39-50(38-57(65-58)54-20-12-13-37-63-54)45-31-34-51(35-32-45)68-59-21-10-8-18-52(59)53-19-9-11-22-60(53)68/h2-41,61H,1H3. The number of rotatable bonds is 9. The maximum atomic E-state index is 5.14. The van der Waals surface area contributed by atoms with Crippen molar-refractivity contribution in [3.05, 3.63) is 260 Å². The highest BCUT2D eigenvalue weighted by Gasteiger charge is 2.25. The summed E-state index contributed by atoms with van der Waals surface area (Å²) in [4.78, 5) is 22.2. The van der Waals surface area contributed by atoms with Crippen molar-refractivity contribution >= 4 is 33.3 Å². The Morgan fingerprint density at radius 1 is 0.397 bits per heavy atom. The van der Waals surface area contributed by atoms with E-state index in [-0.39, 0.29) is 6.04 Å². The van der Waals surface area contributed by atoms with Crippen LogP contribution in [0.4, 0.5) is 0 Å². The van der Waals surface area contributed by atoms with Crippen molar-refractivity contribution in [2.45, 2.75) is 6.04 Å². The second kappa shape index (κ2) is 17.4. The number of hydrogen-bond acceptors (Lipinski definition) is 5. The zero-order valence-corrected chi connectivity index (χ0v) is 37.4. The molecule has 0 N–H and O–H groups in total. The Hall–Kier alpha value is -9.00. The number of fused-ring (bicyclic) bond motifs is 3. The predicted octanol–water partition coefficient (Wildman–Crippen LogP) is 14.8. The number of benzene rings is 7. The number of aromatic nitrogens is 4. The summed E-state index contributed by atoms with van der Waals surface area (Å²) in [5.41, 5.74) is 17.6. The van der Waals surface area contributed by atoms with E-state index in [2.05, 4.69) is 222 Å². The normalized spacial score (nSPS) is 13.7. The second-order valence-corrected chi connectivity index (χ2v) is 17.2. The van der Waals surface area contributed by atoms with E-state index >= 15 is 0 Å². The van der Waals surface area contributed by atoms with Crippen LogP contribution < -0.4 is 0 Å². The van der Waals surface area contributed by atoms with Gasteiger partial charge >= 0.3 is 0 Å². The molecule has 0 amide bonds. The first-order valence-corrected chi connectivity index (χ1v) is 23.0. The Labute approximate surface area is 395 Å². The van der Waals surface area contributed by atoms with Crippen LogP contribution in [-0.2, 0) is 0 Å². The Bertz CT molecular complexity index is 3580. The Balaban J connectivity index is 0.804. The maximum absolute atomic E-state index is 5.14. The summed E-state index contributed by atoms with van der Waals surface area (Å²) in [7, 11) is 2.13. The monoisotopic (exact) mass is 872 g/mol. The minimum Gasteiger partial charge on any atom is -0.349 e. The van der Waals surface area contributed by atoms with Crippen molar-refractivity contribution in [2.24, 2.45) is 4.99 Å². The van der Waals surface area contributed by atoms with E-state index in [4.69, 9.17) is 15.0 Å². The summed E-state index contributed by atoms with van der Waals surface area (Å²) >= 11 is 0. The van der Waals surface area contributed by atoms with Crippen molar-refractivity contribution in [1.29, 1.82) is 0 Å². The molecule has 0 bridgehead atoms. The highest BCUT2D eigenvalue weighted by Crippen LogP contribution is 2.37. The molecule has 1 atom stereocenters. The molecule has 68 heavy (non-hydrogen) atoms. The molecule has 1 aliphatic rings. The Morgan fingerprint density at radius 2 is 0.912 bits per heavy atom. The van der Waals surface area contributed by atoms with Gasteiger partial charge in [0, 0.05) is 47.0 Å². The molecule has 0 spiro atoms. The van der Waals surface area contributed by atoms with Gasteiger partial charge in [0.2, 0.25) is 0 Å². The van der Waals surface area contributed by atoms with Gasteiger partial charge in [0.15, 0.2) is 0 Å². The highest BCUT2D eigenvalue weighted by molar-refractivity contribution is 6.09. The van der Waals surface area contributed by atoms with Gasteiger partial charge in [0.25, 0.3) is 0 Å². The molecule has 7 aromatic carbocycles. The van der Waals surface area contributed by atoms with Crippen LogP contribution in [0, 0.1) is 0 Å². The van der Waals surface area contributed by atoms with Crippen molar-refractivity contribution in [2.75, 3.05) is 7.05 Å². The number of hydrogen-bond donors (Lipinski definition) is 0. The lowest BCUT2D eigenvalue weighted by molar-refractivity contribution is 0.435. The molecule has 1 aliphatic heterocycles. The molecule has 4 aromatic heterocycles. The smallest absolute Gasteiger partial charge is 0.137 e. The molecule has 6 nitrogen and oxygen atoms in total. The van der Waals surface area contributed by atoms with Gasteiger partial charge in [-0.3, -0.25) is 9.97 Å². The number of nitrogens with zero attached hydrogens (tertiary/aromatic N) is 6. The lowest BCUT2D eigenvalue weighted by Crippen LogP contribution is -2.33. The van der Waals surface area contributed by atoms with E-state index in [1.165, 1.54) is 27.4 Å². The number of likely N-dealkylation sites (N-methyl/N-ethyl adjacent to an activating group) is 1. The number of amidine groups is 1. The second-order valence-electron chi connectivity index (χ2n) is 17.2. The van der Waals surface area contributed by atoms with Gasteiger partial charge in [-0.1, -0.05) is 170 Å². The van der Waals surface area contributed by atoms with E-state index in [0.717, 1.165) is 84.5 Å². The summed E-state index contributed by atoms with van der Waals surface area (Å²) in [5, 5.41) is 2.49. The summed E-state index contributed by atoms with van der Waals surface area (Å²) in [6.45, 7) is 0. The van der Waals surface area contributed by atoms with Gasteiger partial charge < -0.3 is 9.47 Å². The van der Waals surface area contributed by atoms with E-state index < -0.39 is 0 Å². The summed E-state index contributed by atoms with van der Waals surface area (Å²) in [6, 6.07) is 78.9. The van der Waals surface area contributed by atoms with Gasteiger partial charge in [0.05, 0.1) is 45.5 Å². The van der Waals surface area contributed by atoms with Crippen molar-refractivity contribution < 1.29 is 0 Å². The van der Waals surface area contributed by atoms with Gasteiger partial charge in [0.1, 0.15) is 5.84 Å². The Kier molecular flexibility index (Phi) is 10.4. The third-order valence-electron chi connectivity index (χ3n) is 13.0. The van der Waals surface area contributed by atoms with Crippen LogP contribution in [0.3, 0.4) is 0 Å². The summed E-state index contributed by atoms with van der Waals surface area (Å²) in [5.74, 6) is 0.955. The highest BCUT2D eigenvalue weighted by atomic mass is 15.2. The molecule has 0 saturated carbocycles. The van der Waals surface area contributed by atoms with Gasteiger partial charge in [-0.15, -0.1) is 0 Å². The molecule has 322 valence electrons. The largest absolute Gasteiger partial charge is 0.349 e. The van der Waals surface area contributed by atoms with Crippen LogP contribution in [0.2, 0.25) is 0 Å². The lowest BCUT2D eigenvalue weighted by Gasteiger charge is -2.33. The summed E-state index contributed by atoms with van der Waals surface area (Å²) < 4.78 is 2.34. The molecular formula is C62H44N6. The van der Waals surface area contributed by atoms with Crippen LogP contribution >= 0.6 is 0 Å². The van der Waals surface area contributed by atoms with Crippen molar-refractivity contribution in [1.82, 2.24) is 24.4 Å². The third kappa shape index (κ3) is 7.64. The van der Waals surface area contributed by atoms with Crippen LogP contribution in [0.25, 0.3) is 89.3 Å². The summed E-state index contributed by atoms with van der Waals surface area (Å²) in [6.07, 6.45) is 6.02. The number of aliphatic imine (C=N–C) groups is 1. The fraction of sp³-hybridized carbons (Fsp3) is 0.0323. The minimum absolute atomic E-state index is 0.0220. The van der Waals surface area contributed by atoms with E-state index in [0.29, 0.717) is 0 Å². The molecule has 12 rings (SSSR count). The lowest BCUT2D eigenvalue weighted by atomic mass is 9.96. The van der Waals surface area contributed by atoms with Crippen LogP contribution in [-0.4, -0.2) is 37.3 Å². The SMILES string of the molecule is CN1C(c2ccccc2)=NC(c2ccccc2)=CC1c1ccc(-c2ccc(-c3ccc(-c4cc(-c5ccc(-n6c7ccccc7c7ccccc76)cc5)cc(-c5ccccn5)n4)nc3)cc2)cc1. The molecule has 5 heterocycles. The molecule has 11 aromatic rings. The molecule has 0 radical (unpaired) electrons. The molecule has 0 saturated heterocycles. The van der Waals surface area contributed by atoms with Crippen LogP contribution in [0.5, 0.6) is 0 Å². The van der Waals surface area contributed by atoms with Crippen molar-refractivity contribution in [3.63, 3.8) is 0 Å². The number of pyridine rings is 3. The minimum atomic E-state index is 0.0220. The quantitative estimate of drug-likeness (QED) is 0.145. The first-order chi connectivity index (χ1) is 33.6. The molecule has 0 fully saturated rings. The van der Waals surface area contributed by atoms with Gasteiger partial charge in [-0.25, -0.2) is 9.98 Å². The van der Waals surface area contributed by atoms with Crippen molar-refractivity contribution in [3.8, 4) is 61.8 Å². The third-order valence-corrected chi connectivity index (χ3v) is 13.0. The zero-order valence-electron chi connectivity index (χ0n) is 37.4.